The zero-order valence-electron chi connectivity index (χ0n) is 24.6. The molecule has 1 amide bonds. The first-order chi connectivity index (χ1) is 18.4. The Labute approximate surface area is 237 Å². The molecule has 0 aliphatic rings. The van der Waals surface area contributed by atoms with Gasteiger partial charge in [-0.15, -0.1) is 0 Å². The van der Waals surface area contributed by atoms with Gasteiger partial charge in [0, 0.05) is 23.1 Å². The largest absolute Gasteiger partial charge is 0.462 e. The van der Waals surface area contributed by atoms with Gasteiger partial charge in [-0.2, -0.15) is 0 Å². The molecule has 3 N–H and O–H groups in total. The molecule has 0 unspecified atom stereocenters. The standard InChI is InChI=1S/C16H26O6.C12H18N2O3S/c1-6-16(4,5)15(19)22-11-10-20-13(17)8-7-9-21-14(18)12(2)3;1-4-12(2,3)11(15)14-9-5-7-10(8-6-9)18(13,16)17/h2,6-11H2,1,3-5H3;5-8H,4H2,1-3H3,(H,14,15)(H2,13,16,17). The number of nitrogens with one attached hydrogen (secondary N) is 1. The fourth-order valence-electron chi connectivity index (χ4n) is 2.40. The van der Waals surface area contributed by atoms with Crippen LogP contribution < -0.4 is 10.5 Å². The van der Waals surface area contributed by atoms with E-state index in [9.17, 15) is 27.6 Å². The van der Waals surface area contributed by atoms with Gasteiger partial charge in [-0.05, 0) is 64.3 Å². The second-order valence-corrected chi connectivity index (χ2v) is 11.9. The highest BCUT2D eigenvalue weighted by Crippen LogP contribution is 2.23. The Morgan fingerprint density at radius 1 is 0.875 bits per heavy atom. The van der Waals surface area contributed by atoms with Crippen LogP contribution in [0, 0.1) is 10.8 Å². The van der Waals surface area contributed by atoms with E-state index < -0.39 is 32.8 Å². The predicted octanol–water partition coefficient (Wildman–Crippen LogP) is 4.12. The monoisotopic (exact) mass is 584 g/mol. The molecule has 0 aliphatic heterocycles. The molecule has 1 rings (SSSR count). The smallest absolute Gasteiger partial charge is 0.333 e. The molecule has 0 saturated carbocycles. The number of benzene rings is 1. The zero-order valence-corrected chi connectivity index (χ0v) is 25.4. The fourth-order valence-corrected chi connectivity index (χ4v) is 2.91. The summed E-state index contributed by atoms with van der Waals surface area (Å²) in [4.78, 5) is 46.0. The van der Waals surface area contributed by atoms with E-state index in [0.717, 1.165) is 0 Å². The number of carbonyl (C=O) groups excluding carboxylic acids is 4. The third-order valence-electron chi connectivity index (χ3n) is 6.06. The molecule has 1 aromatic carbocycles. The average molecular weight is 585 g/mol. The highest BCUT2D eigenvalue weighted by Gasteiger charge is 2.27. The van der Waals surface area contributed by atoms with E-state index >= 15 is 0 Å². The van der Waals surface area contributed by atoms with Crippen molar-refractivity contribution in [1.82, 2.24) is 0 Å². The van der Waals surface area contributed by atoms with Crippen LogP contribution in [0.5, 0.6) is 0 Å². The van der Waals surface area contributed by atoms with Gasteiger partial charge in [0.1, 0.15) is 13.2 Å². The van der Waals surface area contributed by atoms with Gasteiger partial charge in [-0.1, -0.05) is 34.3 Å². The van der Waals surface area contributed by atoms with Crippen LogP contribution in [0.2, 0.25) is 0 Å². The molecule has 0 atom stereocenters. The van der Waals surface area contributed by atoms with Crippen LogP contribution in [-0.2, 0) is 43.4 Å². The molecule has 12 heteroatoms. The van der Waals surface area contributed by atoms with Crippen LogP contribution in [0.25, 0.3) is 0 Å². The predicted molar refractivity (Wildman–Crippen MR) is 152 cm³/mol. The van der Waals surface area contributed by atoms with Crippen LogP contribution in [0.1, 0.15) is 74.1 Å². The molecule has 1 aromatic rings. The van der Waals surface area contributed by atoms with Crippen molar-refractivity contribution >= 4 is 39.5 Å². The van der Waals surface area contributed by atoms with Crippen molar-refractivity contribution in [2.75, 3.05) is 25.1 Å². The molecule has 0 spiro atoms. The molecule has 11 nitrogen and oxygen atoms in total. The first-order valence-corrected chi connectivity index (χ1v) is 14.5. The third kappa shape index (κ3) is 14.2. The summed E-state index contributed by atoms with van der Waals surface area (Å²) < 4.78 is 36.9. The highest BCUT2D eigenvalue weighted by molar-refractivity contribution is 7.89. The van der Waals surface area contributed by atoms with Crippen molar-refractivity contribution in [3.8, 4) is 0 Å². The lowest BCUT2D eigenvalue weighted by Gasteiger charge is -2.21. The number of anilines is 1. The number of amides is 1. The van der Waals surface area contributed by atoms with Crippen molar-refractivity contribution in [1.29, 1.82) is 0 Å². The molecular formula is C28H44N2O9S. The van der Waals surface area contributed by atoms with E-state index in [1.54, 1.807) is 20.8 Å². The van der Waals surface area contributed by atoms with Gasteiger partial charge in [-0.25, -0.2) is 18.4 Å². The maximum absolute atomic E-state index is 11.9. The number of hydrogen-bond acceptors (Lipinski definition) is 9. The van der Waals surface area contributed by atoms with E-state index in [2.05, 4.69) is 11.9 Å². The van der Waals surface area contributed by atoms with Crippen LogP contribution in [-0.4, -0.2) is 52.1 Å². The number of primary sulfonamides is 1. The van der Waals surface area contributed by atoms with Crippen molar-refractivity contribution in [3.63, 3.8) is 0 Å². The summed E-state index contributed by atoms with van der Waals surface area (Å²) in [6.45, 7) is 16.3. The van der Waals surface area contributed by atoms with E-state index in [4.69, 9.17) is 19.3 Å². The molecule has 0 heterocycles. The Morgan fingerprint density at radius 3 is 1.88 bits per heavy atom. The lowest BCUT2D eigenvalue weighted by atomic mass is 9.89. The van der Waals surface area contributed by atoms with E-state index in [1.165, 1.54) is 24.3 Å². The van der Waals surface area contributed by atoms with Gasteiger partial charge in [0.15, 0.2) is 0 Å². The number of rotatable bonds is 14. The van der Waals surface area contributed by atoms with Gasteiger partial charge >= 0.3 is 17.9 Å². The minimum atomic E-state index is -3.69. The number of carbonyl (C=O) groups is 4. The SMILES string of the molecule is C=C(C)C(=O)OCCCC(=O)OCCOC(=O)C(C)(C)CC.CCC(C)(C)C(=O)Nc1ccc(S(N)(=O)=O)cc1. The first kappa shape index (κ1) is 36.8. The second kappa shape index (κ2) is 16.8. The minimum absolute atomic E-state index is 0.0234. The Balaban J connectivity index is 0.000000774. The molecule has 226 valence electrons. The topological polar surface area (TPSA) is 168 Å². The molecule has 0 radical (unpaired) electrons. The maximum atomic E-state index is 11.9. The molecule has 40 heavy (non-hydrogen) atoms. The van der Waals surface area contributed by atoms with Crippen molar-refractivity contribution in [3.05, 3.63) is 36.4 Å². The number of nitrogens with two attached hydrogens (primary N) is 1. The van der Waals surface area contributed by atoms with Gasteiger partial charge < -0.3 is 19.5 Å². The number of esters is 3. The highest BCUT2D eigenvalue weighted by atomic mass is 32.2. The van der Waals surface area contributed by atoms with E-state index in [1.807, 2.05) is 27.7 Å². The molecular weight excluding hydrogens is 540 g/mol. The van der Waals surface area contributed by atoms with Crippen molar-refractivity contribution in [2.45, 2.75) is 79.0 Å². The Kier molecular flexibility index (Phi) is 15.4. The van der Waals surface area contributed by atoms with Gasteiger partial charge in [-0.3, -0.25) is 14.4 Å². The summed E-state index contributed by atoms with van der Waals surface area (Å²) in [5, 5.41) is 7.72. The van der Waals surface area contributed by atoms with E-state index in [0.29, 0.717) is 30.5 Å². The molecule has 0 aliphatic carbocycles. The Hall–Kier alpha value is -3.25. The zero-order chi connectivity index (χ0) is 31.1. The van der Waals surface area contributed by atoms with Crippen molar-refractivity contribution < 1.29 is 41.8 Å². The van der Waals surface area contributed by atoms with Crippen molar-refractivity contribution in [2.24, 2.45) is 16.0 Å². The number of ether oxygens (including phenoxy) is 3. The second-order valence-electron chi connectivity index (χ2n) is 10.4. The molecule has 0 saturated heterocycles. The molecule has 0 fully saturated rings. The lowest BCUT2D eigenvalue weighted by molar-refractivity contribution is -0.159. The summed E-state index contributed by atoms with van der Waals surface area (Å²) >= 11 is 0. The van der Waals surface area contributed by atoms with Gasteiger partial charge in [0.05, 0.1) is 16.9 Å². The van der Waals surface area contributed by atoms with Gasteiger partial charge in [0.2, 0.25) is 15.9 Å². The van der Waals surface area contributed by atoms with Crippen LogP contribution in [0.4, 0.5) is 5.69 Å². The fraction of sp³-hybridized carbons (Fsp3) is 0.571. The molecule has 0 bridgehead atoms. The minimum Gasteiger partial charge on any atom is -0.462 e. The first-order valence-electron chi connectivity index (χ1n) is 13.0. The number of hydrogen-bond donors (Lipinski definition) is 2. The van der Waals surface area contributed by atoms with Crippen LogP contribution in [0.3, 0.4) is 0 Å². The van der Waals surface area contributed by atoms with Crippen LogP contribution in [0.15, 0.2) is 41.3 Å². The summed E-state index contributed by atoms with van der Waals surface area (Å²) in [6.07, 6.45) is 1.90. The maximum Gasteiger partial charge on any atom is 0.333 e. The van der Waals surface area contributed by atoms with Gasteiger partial charge in [0.25, 0.3) is 0 Å². The number of sulfonamides is 1. The summed E-state index contributed by atoms with van der Waals surface area (Å²) in [5.74, 6) is -1.30. The van der Waals surface area contributed by atoms with E-state index in [-0.39, 0.29) is 43.0 Å². The molecule has 0 aromatic heterocycles. The lowest BCUT2D eigenvalue weighted by Crippen LogP contribution is -2.29. The Morgan fingerprint density at radius 2 is 1.40 bits per heavy atom. The Bertz CT molecular complexity index is 1120. The third-order valence-corrected chi connectivity index (χ3v) is 6.99. The normalized spacial score (nSPS) is 11.4. The summed E-state index contributed by atoms with van der Waals surface area (Å²) in [6, 6.07) is 5.76. The quantitative estimate of drug-likeness (QED) is 0.141. The summed E-state index contributed by atoms with van der Waals surface area (Å²) in [5.41, 5.74) is -0.121. The summed E-state index contributed by atoms with van der Waals surface area (Å²) in [7, 11) is -3.69. The average Bonchev–Trinajstić information content (AvgIpc) is 2.88. The van der Waals surface area contributed by atoms with Crippen LogP contribution >= 0.6 is 0 Å².